The van der Waals surface area contributed by atoms with Crippen molar-refractivity contribution in [2.75, 3.05) is 0 Å². The average Bonchev–Trinajstić information content (AvgIpc) is 2.34. The fourth-order valence-corrected chi connectivity index (χ4v) is 1.40. The molecule has 0 aliphatic rings. The number of hydrogen-bond donors (Lipinski definition) is 2. The Labute approximate surface area is 101 Å². The van der Waals surface area contributed by atoms with E-state index in [4.69, 9.17) is 5.73 Å². The third kappa shape index (κ3) is 4.97. The Kier molecular flexibility index (Phi) is 5.51. The predicted octanol–water partition coefficient (Wildman–Crippen LogP) is 2.42. The highest BCUT2D eigenvalue weighted by Gasteiger charge is 2.02. The monoisotopic (exact) mass is 231 g/mol. The first-order valence-electron chi connectivity index (χ1n) is 5.52. The Morgan fingerprint density at radius 3 is 2.71 bits per heavy atom. The van der Waals surface area contributed by atoms with Crippen molar-refractivity contribution in [3.8, 4) is 0 Å². The zero-order valence-corrected chi connectivity index (χ0v) is 9.89. The van der Waals surface area contributed by atoms with Gasteiger partial charge >= 0.3 is 6.03 Å². The van der Waals surface area contributed by atoms with Crippen LogP contribution >= 0.6 is 0 Å². The van der Waals surface area contributed by atoms with Crippen LogP contribution in [0.25, 0.3) is 0 Å². The Hall–Kier alpha value is -2.10. The number of primary amides is 1. The molecular formula is C13H17N3O. The summed E-state index contributed by atoms with van der Waals surface area (Å²) in [5.41, 5.74) is 9.09. The van der Waals surface area contributed by atoms with Gasteiger partial charge in [0, 0.05) is 0 Å². The van der Waals surface area contributed by atoms with Crippen LogP contribution in [0.15, 0.2) is 47.6 Å². The molecule has 0 aromatic heterocycles. The molecule has 1 aromatic carbocycles. The largest absolute Gasteiger partial charge is 0.350 e. The standard InChI is InChI=1S/C13H17N3O/c1-2-3-5-10-12(15-16-13(14)17)11-8-6-4-7-9-11/h2-4,6-9H,5,10H2,1H3,(H3,14,16,17)/b3-2?,15-12+. The average molecular weight is 231 g/mol. The van der Waals surface area contributed by atoms with E-state index >= 15 is 0 Å². The maximum Gasteiger partial charge on any atom is 0.332 e. The summed E-state index contributed by atoms with van der Waals surface area (Å²) in [5, 5.41) is 4.02. The van der Waals surface area contributed by atoms with Gasteiger partial charge in [-0.2, -0.15) is 5.10 Å². The fourth-order valence-electron chi connectivity index (χ4n) is 1.40. The summed E-state index contributed by atoms with van der Waals surface area (Å²) < 4.78 is 0. The zero-order valence-electron chi connectivity index (χ0n) is 9.89. The summed E-state index contributed by atoms with van der Waals surface area (Å²) >= 11 is 0. The summed E-state index contributed by atoms with van der Waals surface area (Å²) in [6.45, 7) is 1.97. The summed E-state index contributed by atoms with van der Waals surface area (Å²) in [7, 11) is 0. The molecule has 0 fully saturated rings. The van der Waals surface area contributed by atoms with E-state index < -0.39 is 6.03 Å². The number of hydrazone groups is 1. The highest BCUT2D eigenvalue weighted by molar-refractivity contribution is 6.01. The number of urea groups is 1. The highest BCUT2D eigenvalue weighted by atomic mass is 16.2. The number of carbonyl (C=O) groups excluding carboxylic acids is 1. The van der Waals surface area contributed by atoms with Crippen molar-refractivity contribution in [2.24, 2.45) is 10.8 Å². The molecule has 0 aliphatic carbocycles. The van der Waals surface area contributed by atoms with Crippen LogP contribution < -0.4 is 11.2 Å². The van der Waals surface area contributed by atoms with Crippen molar-refractivity contribution < 1.29 is 4.79 Å². The van der Waals surface area contributed by atoms with Crippen LogP contribution in [-0.4, -0.2) is 11.7 Å². The third-order valence-corrected chi connectivity index (χ3v) is 2.19. The molecule has 1 aromatic rings. The SMILES string of the molecule is CC=CCC/C(=N\NC(N)=O)c1ccccc1. The van der Waals surface area contributed by atoms with Crippen LogP contribution in [-0.2, 0) is 0 Å². The van der Waals surface area contributed by atoms with Gasteiger partial charge in [-0.3, -0.25) is 0 Å². The van der Waals surface area contributed by atoms with E-state index in [1.165, 1.54) is 0 Å². The second-order valence-electron chi connectivity index (χ2n) is 3.51. The number of nitrogens with two attached hydrogens (primary N) is 1. The van der Waals surface area contributed by atoms with E-state index in [9.17, 15) is 4.79 Å². The molecule has 0 spiro atoms. The normalized spacial score (nSPS) is 11.7. The number of benzene rings is 1. The lowest BCUT2D eigenvalue weighted by atomic mass is 10.1. The molecule has 0 radical (unpaired) electrons. The molecule has 4 heteroatoms. The molecule has 0 aliphatic heterocycles. The first-order valence-corrected chi connectivity index (χ1v) is 5.52. The zero-order chi connectivity index (χ0) is 12.5. The minimum absolute atomic E-state index is 0.649. The van der Waals surface area contributed by atoms with E-state index in [1.54, 1.807) is 0 Å². The van der Waals surface area contributed by atoms with E-state index in [0.717, 1.165) is 24.1 Å². The molecule has 0 saturated heterocycles. The first-order chi connectivity index (χ1) is 8.24. The molecule has 90 valence electrons. The van der Waals surface area contributed by atoms with Gasteiger partial charge < -0.3 is 5.73 Å². The van der Waals surface area contributed by atoms with Crippen molar-refractivity contribution >= 4 is 11.7 Å². The van der Waals surface area contributed by atoms with Crippen LogP contribution in [0.1, 0.15) is 25.3 Å². The third-order valence-electron chi connectivity index (χ3n) is 2.19. The summed E-state index contributed by atoms with van der Waals surface area (Å²) in [5.74, 6) is 0. The van der Waals surface area contributed by atoms with Gasteiger partial charge in [-0.15, -0.1) is 0 Å². The van der Waals surface area contributed by atoms with Crippen molar-refractivity contribution in [3.63, 3.8) is 0 Å². The van der Waals surface area contributed by atoms with Crippen LogP contribution in [0, 0.1) is 0 Å². The highest BCUT2D eigenvalue weighted by Crippen LogP contribution is 2.06. The second-order valence-corrected chi connectivity index (χ2v) is 3.51. The minimum atomic E-state index is -0.649. The molecule has 0 bridgehead atoms. The first kappa shape index (κ1) is 13.0. The topological polar surface area (TPSA) is 67.5 Å². The van der Waals surface area contributed by atoms with Gasteiger partial charge in [0.15, 0.2) is 0 Å². The summed E-state index contributed by atoms with van der Waals surface area (Å²) in [4.78, 5) is 10.7. The lowest BCUT2D eigenvalue weighted by Gasteiger charge is -2.05. The van der Waals surface area contributed by atoms with Gasteiger partial charge in [-0.1, -0.05) is 42.5 Å². The van der Waals surface area contributed by atoms with E-state index in [1.807, 2.05) is 43.3 Å². The number of nitrogens with one attached hydrogen (secondary N) is 1. The lowest BCUT2D eigenvalue weighted by Crippen LogP contribution is -2.26. The molecule has 1 rings (SSSR count). The molecule has 0 unspecified atom stereocenters. The number of allylic oxidation sites excluding steroid dienone is 2. The summed E-state index contributed by atoms with van der Waals surface area (Å²) in [6.07, 6.45) is 5.69. The summed E-state index contributed by atoms with van der Waals surface area (Å²) in [6, 6.07) is 9.07. The molecular weight excluding hydrogens is 214 g/mol. The molecule has 0 heterocycles. The molecule has 17 heavy (non-hydrogen) atoms. The van der Waals surface area contributed by atoms with Crippen LogP contribution in [0.3, 0.4) is 0 Å². The van der Waals surface area contributed by atoms with Gasteiger partial charge in [0.05, 0.1) is 5.71 Å². The smallest absolute Gasteiger partial charge is 0.332 e. The van der Waals surface area contributed by atoms with Gasteiger partial charge in [0.2, 0.25) is 0 Å². The quantitative estimate of drug-likeness (QED) is 0.456. The van der Waals surface area contributed by atoms with Crippen molar-refractivity contribution in [2.45, 2.75) is 19.8 Å². The van der Waals surface area contributed by atoms with E-state index in [0.29, 0.717) is 0 Å². The Bertz CT molecular complexity index is 410. The van der Waals surface area contributed by atoms with Gasteiger partial charge in [-0.25, -0.2) is 10.2 Å². The van der Waals surface area contributed by atoms with Crippen molar-refractivity contribution in [1.29, 1.82) is 0 Å². The lowest BCUT2D eigenvalue weighted by molar-refractivity contribution is 0.249. The van der Waals surface area contributed by atoms with E-state index in [-0.39, 0.29) is 0 Å². The molecule has 4 nitrogen and oxygen atoms in total. The number of nitrogens with zero attached hydrogens (tertiary/aromatic N) is 1. The number of rotatable bonds is 5. The van der Waals surface area contributed by atoms with Crippen LogP contribution in [0.5, 0.6) is 0 Å². The predicted molar refractivity (Wildman–Crippen MR) is 69.7 cm³/mol. The number of hydrogen-bond acceptors (Lipinski definition) is 2. The van der Waals surface area contributed by atoms with Gasteiger partial charge in [0.25, 0.3) is 0 Å². The van der Waals surface area contributed by atoms with Crippen molar-refractivity contribution in [1.82, 2.24) is 5.43 Å². The molecule has 2 amide bonds. The minimum Gasteiger partial charge on any atom is -0.350 e. The molecule has 0 saturated carbocycles. The Morgan fingerprint density at radius 1 is 1.41 bits per heavy atom. The van der Waals surface area contributed by atoms with Crippen LogP contribution in [0.4, 0.5) is 4.79 Å². The Morgan fingerprint density at radius 2 is 2.12 bits per heavy atom. The van der Waals surface area contributed by atoms with Gasteiger partial charge in [0.1, 0.15) is 0 Å². The Balaban J connectivity index is 2.78. The molecule has 3 N–H and O–H groups in total. The van der Waals surface area contributed by atoms with E-state index in [2.05, 4.69) is 16.6 Å². The second kappa shape index (κ2) is 7.22. The maximum atomic E-state index is 10.7. The van der Waals surface area contributed by atoms with Crippen LogP contribution in [0.2, 0.25) is 0 Å². The number of amides is 2. The number of carbonyl (C=O) groups is 1. The maximum absolute atomic E-state index is 10.7. The van der Waals surface area contributed by atoms with Crippen molar-refractivity contribution in [3.05, 3.63) is 48.0 Å². The molecule has 0 atom stereocenters. The fraction of sp³-hybridized carbons (Fsp3) is 0.231. The van der Waals surface area contributed by atoms with Gasteiger partial charge in [-0.05, 0) is 25.3 Å².